The molecule has 0 atom stereocenters. The molecule has 0 heterocycles. The van der Waals surface area contributed by atoms with Gasteiger partial charge in [0.25, 0.3) is 5.91 Å². The first-order valence-corrected chi connectivity index (χ1v) is 5.98. The van der Waals surface area contributed by atoms with Crippen molar-refractivity contribution < 1.29 is 9.18 Å². The Bertz CT molecular complexity index is 601. The standard InChI is InChI=1S/C13H10BrFN2O/c14-9-7-8(5-6-10(9)15)13(18)17-12-4-2-1-3-11(12)16/h1-7H,16H2,(H,17,18). The third-order valence-electron chi connectivity index (χ3n) is 2.39. The van der Waals surface area contributed by atoms with Crippen LogP contribution in [0.15, 0.2) is 46.9 Å². The fourth-order valence-corrected chi connectivity index (χ4v) is 1.82. The number of halogens is 2. The van der Waals surface area contributed by atoms with Crippen molar-refractivity contribution in [1.29, 1.82) is 0 Å². The largest absolute Gasteiger partial charge is 0.397 e. The van der Waals surface area contributed by atoms with Gasteiger partial charge in [0, 0.05) is 5.56 Å². The summed E-state index contributed by atoms with van der Waals surface area (Å²) in [5.74, 6) is -0.751. The van der Waals surface area contributed by atoms with Crippen molar-refractivity contribution in [1.82, 2.24) is 0 Å². The van der Waals surface area contributed by atoms with E-state index in [4.69, 9.17) is 5.73 Å². The molecule has 0 bridgehead atoms. The number of carbonyl (C=O) groups excluding carboxylic acids is 1. The third-order valence-corrected chi connectivity index (χ3v) is 3.00. The molecule has 0 saturated carbocycles. The Morgan fingerprint density at radius 3 is 2.61 bits per heavy atom. The average molecular weight is 309 g/mol. The van der Waals surface area contributed by atoms with Gasteiger partial charge in [0.2, 0.25) is 0 Å². The van der Waals surface area contributed by atoms with E-state index in [2.05, 4.69) is 21.2 Å². The lowest BCUT2D eigenvalue weighted by Crippen LogP contribution is -2.13. The Morgan fingerprint density at radius 2 is 1.94 bits per heavy atom. The second-order valence-electron chi connectivity index (χ2n) is 3.67. The van der Waals surface area contributed by atoms with E-state index in [1.165, 1.54) is 18.2 Å². The number of hydrogen-bond donors (Lipinski definition) is 2. The summed E-state index contributed by atoms with van der Waals surface area (Å²) in [6.07, 6.45) is 0. The highest BCUT2D eigenvalue weighted by Crippen LogP contribution is 2.20. The van der Waals surface area contributed by atoms with Gasteiger partial charge in [-0.1, -0.05) is 12.1 Å². The second kappa shape index (κ2) is 5.18. The van der Waals surface area contributed by atoms with E-state index in [9.17, 15) is 9.18 Å². The molecule has 0 saturated heterocycles. The van der Waals surface area contributed by atoms with Crippen LogP contribution in [0.2, 0.25) is 0 Å². The topological polar surface area (TPSA) is 55.1 Å². The van der Waals surface area contributed by atoms with Gasteiger partial charge in [0.15, 0.2) is 0 Å². The second-order valence-corrected chi connectivity index (χ2v) is 4.52. The van der Waals surface area contributed by atoms with Crippen molar-refractivity contribution in [3.05, 3.63) is 58.3 Å². The first kappa shape index (κ1) is 12.6. The molecule has 0 aliphatic heterocycles. The summed E-state index contributed by atoms with van der Waals surface area (Å²) in [7, 11) is 0. The first-order chi connectivity index (χ1) is 8.58. The zero-order chi connectivity index (χ0) is 13.1. The average Bonchev–Trinajstić information content (AvgIpc) is 2.35. The maximum atomic E-state index is 13.1. The number of rotatable bonds is 2. The number of nitrogens with one attached hydrogen (secondary N) is 1. The van der Waals surface area contributed by atoms with Crippen molar-refractivity contribution >= 4 is 33.2 Å². The molecule has 3 N–H and O–H groups in total. The molecule has 1 amide bonds. The summed E-state index contributed by atoms with van der Waals surface area (Å²) in [5.41, 5.74) is 7.08. The molecule has 0 aliphatic carbocycles. The number of carbonyl (C=O) groups is 1. The molecule has 0 spiro atoms. The van der Waals surface area contributed by atoms with Crippen molar-refractivity contribution in [2.24, 2.45) is 0 Å². The number of hydrogen-bond acceptors (Lipinski definition) is 2. The number of amides is 1. The summed E-state index contributed by atoms with van der Waals surface area (Å²) < 4.78 is 13.3. The van der Waals surface area contributed by atoms with Crippen molar-refractivity contribution in [3.8, 4) is 0 Å². The molecule has 0 unspecified atom stereocenters. The van der Waals surface area contributed by atoms with Crippen molar-refractivity contribution in [3.63, 3.8) is 0 Å². The molecule has 18 heavy (non-hydrogen) atoms. The quantitative estimate of drug-likeness (QED) is 0.835. The molecule has 0 aromatic heterocycles. The molecule has 2 rings (SSSR count). The highest BCUT2D eigenvalue weighted by Gasteiger charge is 2.09. The molecule has 3 nitrogen and oxygen atoms in total. The predicted octanol–water partition coefficient (Wildman–Crippen LogP) is 3.42. The molecule has 0 radical (unpaired) electrons. The lowest BCUT2D eigenvalue weighted by Gasteiger charge is -2.08. The van der Waals surface area contributed by atoms with Gasteiger partial charge >= 0.3 is 0 Å². The SMILES string of the molecule is Nc1ccccc1NC(=O)c1ccc(F)c(Br)c1. The first-order valence-electron chi connectivity index (χ1n) is 5.19. The maximum absolute atomic E-state index is 13.1. The van der Waals surface area contributed by atoms with Crippen LogP contribution in [0.5, 0.6) is 0 Å². The van der Waals surface area contributed by atoms with Gasteiger partial charge < -0.3 is 11.1 Å². The van der Waals surface area contributed by atoms with Crippen molar-refractivity contribution in [2.75, 3.05) is 11.1 Å². The third kappa shape index (κ3) is 2.68. The van der Waals surface area contributed by atoms with Gasteiger partial charge in [-0.25, -0.2) is 4.39 Å². The Morgan fingerprint density at radius 1 is 1.22 bits per heavy atom. The number of anilines is 2. The molecule has 0 fully saturated rings. The van der Waals surface area contributed by atoms with E-state index in [0.717, 1.165) is 0 Å². The van der Waals surface area contributed by atoms with Crippen LogP contribution < -0.4 is 11.1 Å². The van der Waals surface area contributed by atoms with Crippen LogP contribution in [0.4, 0.5) is 15.8 Å². The monoisotopic (exact) mass is 308 g/mol. The number of nitrogens with two attached hydrogens (primary N) is 1. The summed E-state index contributed by atoms with van der Waals surface area (Å²) >= 11 is 3.03. The van der Waals surface area contributed by atoms with Crippen LogP contribution in [0.25, 0.3) is 0 Å². The van der Waals surface area contributed by atoms with E-state index in [-0.39, 0.29) is 10.4 Å². The van der Waals surface area contributed by atoms with Gasteiger partial charge in [-0.3, -0.25) is 4.79 Å². The highest BCUT2D eigenvalue weighted by molar-refractivity contribution is 9.10. The zero-order valence-electron chi connectivity index (χ0n) is 9.28. The molecule has 2 aromatic rings. The summed E-state index contributed by atoms with van der Waals surface area (Å²) in [4.78, 5) is 11.9. The molecule has 92 valence electrons. The Hall–Kier alpha value is -1.88. The Balaban J connectivity index is 2.22. The molecular formula is C13H10BrFN2O. The maximum Gasteiger partial charge on any atom is 0.255 e. The lowest BCUT2D eigenvalue weighted by atomic mass is 10.2. The van der Waals surface area contributed by atoms with E-state index < -0.39 is 5.82 Å². The molecular weight excluding hydrogens is 299 g/mol. The number of nitrogen functional groups attached to an aromatic ring is 1. The van der Waals surface area contributed by atoms with Gasteiger partial charge in [0.05, 0.1) is 15.8 Å². The summed E-state index contributed by atoms with van der Waals surface area (Å²) in [5, 5.41) is 2.67. The van der Waals surface area contributed by atoms with E-state index in [0.29, 0.717) is 16.9 Å². The van der Waals surface area contributed by atoms with Crippen LogP contribution in [0.3, 0.4) is 0 Å². The van der Waals surface area contributed by atoms with E-state index in [1.54, 1.807) is 24.3 Å². The van der Waals surface area contributed by atoms with E-state index >= 15 is 0 Å². The Labute approximate surface area is 112 Å². The van der Waals surface area contributed by atoms with Crippen LogP contribution >= 0.6 is 15.9 Å². The lowest BCUT2D eigenvalue weighted by molar-refractivity contribution is 0.102. The molecule has 5 heteroatoms. The van der Waals surface area contributed by atoms with Crippen molar-refractivity contribution in [2.45, 2.75) is 0 Å². The minimum absolute atomic E-state index is 0.246. The predicted molar refractivity (Wildman–Crippen MR) is 72.9 cm³/mol. The minimum Gasteiger partial charge on any atom is -0.397 e. The van der Waals surface area contributed by atoms with Gasteiger partial charge in [-0.2, -0.15) is 0 Å². The fraction of sp³-hybridized carbons (Fsp3) is 0. The molecule has 0 aliphatic rings. The summed E-state index contributed by atoms with van der Waals surface area (Å²) in [6.45, 7) is 0. The summed E-state index contributed by atoms with van der Waals surface area (Å²) in [6, 6.07) is 11.0. The van der Waals surface area contributed by atoms with Crippen LogP contribution in [0, 0.1) is 5.82 Å². The fourth-order valence-electron chi connectivity index (χ4n) is 1.44. The van der Waals surface area contributed by atoms with E-state index in [1.807, 2.05) is 0 Å². The van der Waals surface area contributed by atoms with Gasteiger partial charge in [-0.15, -0.1) is 0 Å². The highest BCUT2D eigenvalue weighted by atomic mass is 79.9. The minimum atomic E-state index is -0.411. The number of para-hydroxylation sites is 2. The van der Waals surface area contributed by atoms with Crippen LogP contribution in [-0.4, -0.2) is 5.91 Å². The normalized spacial score (nSPS) is 10.1. The van der Waals surface area contributed by atoms with Gasteiger partial charge in [0.1, 0.15) is 5.82 Å². The molecule has 2 aromatic carbocycles. The van der Waals surface area contributed by atoms with Gasteiger partial charge in [-0.05, 0) is 46.3 Å². The van der Waals surface area contributed by atoms with Crippen LogP contribution in [-0.2, 0) is 0 Å². The smallest absolute Gasteiger partial charge is 0.255 e. The zero-order valence-corrected chi connectivity index (χ0v) is 10.9. The van der Waals surface area contributed by atoms with Crippen LogP contribution in [0.1, 0.15) is 10.4 Å². The Kier molecular flexibility index (Phi) is 3.62. The number of benzene rings is 2.